The van der Waals surface area contributed by atoms with Gasteiger partial charge in [0.15, 0.2) is 0 Å². The maximum atomic E-state index is 2.17. The van der Waals surface area contributed by atoms with Gasteiger partial charge in [-0.2, -0.15) is 0 Å². The Morgan fingerprint density at radius 1 is 0.824 bits per heavy atom. The first-order valence-electron chi connectivity index (χ1n) is 7.76. The Morgan fingerprint density at radius 3 is 1.12 bits per heavy atom. The highest BCUT2D eigenvalue weighted by Crippen LogP contribution is 2.15. The van der Waals surface area contributed by atoms with Crippen LogP contribution in [-0.4, -0.2) is 0 Å². The molecule has 1 saturated carbocycles. The van der Waals surface area contributed by atoms with Gasteiger partial charge in [-0.1, -0.05) is 92.2 Å². The number of allylic oxidation sites excluding steroid dienone is 2. The molecule has 1 aliphatic rings. The third-order valence-electron chi connectivity index (χ3n) is 1.97. The van der Waals surface area contributed by atoms with Crippen LogP contribution in [0.2, 0.25) is 0 Å². The average molecular weight is 242 g/mol. The highest BCUT2D eigenvalue weighted by molar-refractivity contribution is 4.73. The van der Waals surface area contributed by atoms with Crippen LogP contribution in [-0.2, 0) is 0 Å². The molecule has 17 heavy (non-hydrogen) atoms. The van der Waals surface area contributed by atoms with E-state index in [-0.39, 0.29) is 0 Å². The lowest BCUT2D eigenvalue weighted by Gasteiger charge is -2.05. The first-order valence-corrected chi connectivity index (χ1v) is 7.76. The fraction of sp³-hybridized carbons (Fsp3) is 0.882. The molecule has 0 saturated heterocycles. The van der Waals surface area contributed by atoms with Crippen LogP contribution in [0.1, 0.15) is 93.4 Å². The monoisotopic (exact) mass is 242 g/mol. The predicted molar refractivity (Wildman–Crippen MR) is 84.7 cm³/mol. The second kappa shape index (κ2) is 24.8. The Hall–Kier alpha value is -0.260. The van der Waals surface area contributed by atoms with Gasteiger partial charge in [-0.05, 0) is 19.3 Å². The standard InChI is InChI=1S/C6H12.C5H10.C4H10.C2H6/c1-2-4-6-5-3-1;1-3-5-4-2;1-4(2)3;1-2/h1-6H2;3,5H,4H2,1-2H3;4H,1-3H3;1-2H3/b;5-3+;;. The summed E-state index contributed by atoms with van der Waals surface area (Å²) in [5.74, 6) is 0.833. The van der Waals surface area contributed by atoms with Gasteiger partial charge < -0.3 is 0 Å². The second-order valence-corrected chi connectivity index (χ2v) is 4.83. The molecule has 1 aliphatic carbocycles. The summed E-state index contributed by atoms with van der Waals surface area (Å²) in [4.78, 5) is 0. The van der Waals surface area contributed by atoms with E-state index in [4.69, 9.17) is 0 Å². The van der Waals surface area contributed by atoms with Gasteiger partial charge in [0.2, 0.25) is 0 Å². The van der Waals surface area contributed by atoms with Crippen molar-refractivity contribution in [1.29, 1.82) is 0 Å². The minimum atomic E-state index is 0.833. The summed E-state index contributed by atoms with van der Waals surface area (Å²) >= 11 is 0. The summed E-state index contributed by atoms with van der Waals surface area (Å²) < 4.78 is 0. The Labute approximate surface area is 112 Å². The summed E-state index contributed by atoms with van der Waals surface area (Å²) in [6.45, 7) is 14.7. The molecule has 1 fully saturated rings. The van der Waals surface area contributed by atoms with Gasteiger partial charge in [0.05, 0.1) is 0 Å². The van der Waals surface area contributed by atoms with Crippen LogP contribution in [0.5, 0.6) is 0 Å². The number of hydrogen-bond acceptors (Lipinski definition) is 0. The van der Waals surface area contributed by atoms with Crippen molar-refractivity contribution in [3.8, 4) is 0 Å². The summed E-state index contributed by atoms with van der Waals surface area (Å²) in [5, 5.41) is 0. The third kappa shape index (κ3) is 49.6. The first kappa shape index (κ1) is 22.0. The smallest absolute Gasteiger partial charge is 0.0379 e. The zero-order valence-corrected chi connectivity index (χ0v) is 13.7. The zero-order chi connectivity index (χ0) is 13.9. The molecule has 0 nitrogen and oxygen atoms in total. The van der Waals surface area contributed by atoms with Crippen LogP contribution in [0.15, 0.2) is 12.2 Å². The molecule has 0 aliphatic heterocycles. The van der Waals surface area contributed by atoms with Crippen molar-refractivity contribution in [2.45, 2.75) is 93.4 Å². The number of hydrogen-bond donors (Lipinski definition) is 0. The predicted octanol–water partition coefficient (Wildman–Crippen LogP) is 7.00. The Morgan fingerprint density at radius 2 is 1.06 bits per heavy atom. The van der Waals surface area contributed by atoms with Crippen LogP contribution < -0.4 is 0 Å². The lowest BCUT2D eigenvalue weighted by molar-refractivity contribution is 0.504. The molecule has 0 amide bonds. The molecule has 0 N–H and O–H groups in total. The summed E-state index contributed by atoms with van der Waals surface area (Å²) in [6.07, 6.45) is 14.3. The largest absolute Gasteiger partial charge is 0.0917 e. The fourth-order valence-corrected chi connectivity index (χ4v) is 1.30. The van der Waals surface area contributed by atoms with Gasteiger partial charge in [-0.3, -0.25) is 0 Å². The van der Waals surface area contributed by atoms with E-state index in [0.29, 0.717) is 0 Å². The molecular weight excluding hydrogens is 204 g/mol. The molecule has 0 spiro atoms. The number of rotatable bonds is 1. The van der Waals surface area contributed by atoms with E-state index < -0.39 is 0 Å². The maximum Gasteiger partial charge on any atom is -0.0379 e. The fourth-order valence-electron chi connectivity index (χ4n) is 1.30. The Kier molecular flexibility index (Phi) is 32.1. The van der Waals surface area contributed by atoms with Gasteiger partial charge in [0, 0.05) is 0 Å². The lowest BCUT2D eigenvalue weighted by Crippen LogP contribution is -1.85. The highest BCUT2D eigenvalue weighted by Gasteiger charge is 1.95. The molecule has 0 aromatic rings. The molecule has 0 atom stereocenters. The van der Waals surface area contributed by atoms with Crippen molar-refractivity contribution in [2.24, 2.45) is 5.92 Å². The van der Waals surface area contributed by atoms with Crippen molar-refractivity contribution < 1.29 is 0 Å². The molecule has 0 aromatic heterocycles. The lowest BCUT2D eigenvalue weighted by atomic mass is 10.0. The van der Waals surface area contributed by atoms with Crippen LogP contribution >= 0.6 is 0 Å². The van der Waals surface area contributed by atoms with Crippen molar-refractivity contribution in [3.05, 3.63) is 12.2 Å². The SMILES string of the molecule is C/C=C/CC.C1CCCCC1.CC.CC(C)C. The first-order chi connectivity index (χ1) is 8.15. The Balaban J connectivity index is -0.000000165. The van der Waals surface area contributed by atoms with Crippen LogP contribution in [0.4, 0.5) is 0 Å². The molecule has 0 radical (unpaired) electrons. The van der Waals surface area contributed by atoms with Gasteiger partial charge >= 0.3 is 0 Å². The van der Waals surface area contributed by atoms with E-state index >= 15 is 0 Å². The van der Waals surface area contributed by atoms with E-state index in [2.05, 4.69) is 39.8 Å². The minimum Gasteiger partial charge on any atom is -0.0917 e. The molecule has 0 aromatic carbocycles. The quantitative estimate of drug-likeness (QED) is 0.434. The van der Waals surface area contributed by atoms with Crippen LogP contribution in [0.3, 0.4) is 0 Å². The summed E-state index contributed by atoms with van der Waals surface area (Å²) in [6, 6.07) is 0. The molecule has 0 heteroatoms. The van der Waals surface area contributed by atoms with Crippen molar-refractivity contribution in [2.75, 3.05) is 0 Å². The normalized spacial score (nSPS) is 13.9. The van der Waals surface area contributed by atoms with E-state index in [0.717, 1.165) is 12.3 Å². The molecular formula is C17H38. The van der Waals surface area contributed by atoms with Crippen molar-refractivity contribution in [3.63, 3.8) is 0 Å². The van der Waals surface area contributed by atoms with Gasteiger partial charge in [-0.15, -0.1) is 0 Å². The van der Waals surface area contributed by atoms with E-state index in [1.807, 2.05) is 20.8 Å². The van der Waals surface area contributed by atoms with E-state index in [9.17, 15) is 0 Å². The molecule has 106 valence electrons. The van der Waals surface area contributed by atoms with Crippen LogP contribution in [0.25, 0.3) is 0 Å². The highest BCUT2D eigenvalue weighted by atomic mass is 14.0. The van der Waals surface area contributed by atoms with E-state index in [1.54, 1.807) is 0 Å². The molecule has 0 bridgehead atoms. The van der Waals surface area contributed by atoms with E-state index in [1.165, 1.54) is 38.5 Å². The topological polar surface area (TPSA) is 0 Å². The van der Waals surface area contributed by atoms with Crippen LogP contribution in [0, 0.1) is 5.92 Å². The van der Waals surface area contributed by atoms with Crippen molar-refractivity contribution >= 4 is 0 Å². The average Bonchev–Trinajstić information content (AvgIpc) is 2.35. The Bertz CT molecular complexity index is 92.9. The molecule has 0 unspecified atom stereocenters. The minimum absolute atomic E-state index is 0.833. The van der Waals surface area contributed by atoms with Gasteiger partial charge in [-0.25, -0.2) is 0 Å². The molecule has 0 heterocycles. The zero-order valence-electron chi connectivity index (χ0n) is 13.7. The molecule has 1 rings (SSSR count). The van der Waals surface area contributed by atoms with Crippen molar-refractivity contribution in [1.82, 2.24) is 0 Å². The second-order valence-electron chi connectivity index (χ2n) is 4.83. The summed E-state index contributed by atoms with van der Waals surface area (Å²) in [5.41, 5.74) is 0. The summed E-state index contributed by atoms with van der Waals surface area (Å²) in [7, 11) is 0. The third-order valence-corrected chi connectivity index (χ3v) is 1.97. The maximum absolute atomic E-state index is 2.17. The van der Waals surface area contributed by atoms with Gasteiger partial charge in [0.1, 0.15) is 0 Å². The van der Waals surface area contributed by atoms with Gasteiger partial charge in [0.25, 0.3) is 0 Å².